The van der Waals surface area contributed by atoms with Gasteiger partial charge in [0.1, 0.15) is 0 Å². The minimum atomic E-state index is 0.640. The number of benzene rings is 3. The molecule has 26 heavy (non-hydrogen) atoms. The van der Waals surface area contributed by atoms with Crippen molar-refractivity contribution in [3.63, 3.8) is 0 Å². The minimum Gasteiger partial charge on any atom is -0.308 e. The molecule has 3 heteroatoms. The lowest BCUT2D eigenvalue weighted by atomic mass is 10.1. The summed E-state index contributed by atoms with van der Waals surface area (Å²) in [5.74, 6) is 0. The van der Waals surface area contributed by atoms with E-state index in [4.69, 9.17) is 11.6 Å². The van der Waals surface area contributed by atoms with E-state index < -0.39 is 0 Å². The Labute approximate surface area is 156 Å². The average Bonchev–Trinajstić information content (AvgIpc) is 3.02. The van der Waals surface area contributed by atoms with E-state index in [2.05, 4.69) is 76.3 Å². The molecule has 0 atom stereocenters. The number of hydrogen-bond donors (Lipinski definition) is 0. The lowest BCUT2D eigenvalue weighted by Gasteiger charge is -2.10. The fourth-order valence-corrected chi connectivity index (χ4v) is 3.69. The summed E-state index contributed by atoms with van der Waals surface area (Å²) in [6.45, 7) is 0. The molecule has 0 unspecified atom stereocenters. The van der Waals surface area contributed by atoms with Gasteiger partial charge in [-0.15, -0.1) is 0 Å². The summed E-state index contributed by atoms with van der Waals surface area (Å²) in [4.78, 5) is 4.58. The van der Waals surface area contributed by atoms with Crippen molar-refractivity contribution in [2.75, 3.05) is 0 Å². The average molecular weight is 355 g/mol. The number of fused-ring (bicyclic) bond motifs is 3. The predicted octanol–water partition coefficient (Wildman–Crippen LogP) is 6.50. The Kier molecular flexibility index (Phi) is 3.51. The van der Waals surface area contributed by atoms with Crippen LogP contribution in [0.15, 0.2) is 91.1 Å². The first-order valence-electron chi connectivity index (χ1n) is 8.52. The normalized spacial score (nSPS) is 11.3. The molecule has 0 aliphatic carbocycles. The highest BCUT2D eigenvalue weighted by atomic mass is 35.5. The SMILES string of the molecule is Clc1cnc2c3ccccc3n(-c3cccc(-c4ccccc4)c3)c2c1. The summed E-state index contributed by atoms with van der Waals surface area (Å²) in [7, 11) is 0. The van der Waals surface area contributed by atoms with Crippen LogP contribution in [0.25, 0.3) is 38.8 Å². The molecule has 0 N–H and O–H groups in total. The second-order valence-corrected chi connectivity index (χ2v) is 6.73. The maximum Gasteiger partial charge on any atom is 0.0964 e. The monoisotopic (exact) mass is 354 g/mol. The molecule has 0 aliphatic rings. The Morgan fingerprint density at radius 2 is 1.46 bits per heavy atom. The van der Waals surface area contributed by atoms with E-state index in [1.165, 1.54) is 11.1 Å². The summed E-state index contributed by atoms with van der Waals surface area (Å²) in [6.07, 6.45) is 1.71. The van der Waals surface area contributed by atoms with E-state index in [0.717, 1.165) is 27.6 Å². The zero-order valence-corrected chi connectivity index (χ0v) is 14.7. The van der Waals surface area contributed by atoms with Gasteiger partial charge in [-0.05, 0) is 35.4 Å². The van der Waals surface area contributed by atoms with Gasteiger partial charge in [-0.1, -0.05) is 72.3 Å². The summed E-state index contributed by atoms with van der Waals surface area (Å²) in [5, 5.41) is 1.77. The Morgan fingerprint density at radius 1 is 0.692 bits per heavy atom. The molecule has 0 spiro atoms. The van der Waals surface area contributed by atoms with E-state index in [9.17, 15) is 0 Å². The van der Waals surface area contributed by atoms with Gasteiger partial charge in [-0.2, -0.15) is 0 Å². The van der Waals surface area contributed by atoms with Crippen LogP contribution in [0, 0.1) is 0 Å². The molecule has 124 valence electrons. The lowest BCUT2D eigenvalue weighted by molar-refractivity contribution is 1.18. The molecular formula is C23H15ClN2. The smallest absolute Gasteiger partial charge is 0.0964 e. The molecule has 2 aromatic heterocycles. The van der Waals surface area contributed by atoms with Crippen molar-refractivity contribution in [1.82, 2.24) is 9.55 Å². The molecule has 0 radical (unpaired) electrons. The maximum absolute atomic E-state index is 6.26. The van der Waals surface area contributed by atoms with Gasteiger partial charge in [-0.25, -0.2) is 0 Å². The number of pyridine rings is 1. The number of rotatable bonds is 2. The highest BCUT2D eigenvalue weighted by Gasteiger charge is 2.13. The number of nitrogens with zero attached hydrogens (tertiary/aromatic N) is 2. The molecule has 2 heterocycles. The van der Waals surface area contributed by atoms with Crippen LogP contribution in [0.2, 0.25) is 5.02 Å². The quantitative estimate of drug-likeness (QED) is 0.354. The van der Waals surface area contributed by atoms with Crippen molar-refractivity contribution in [3.8, 4) is 16.8 Å². The van der Waals surface area contributed by atoms with Crippen LogP contribution in [-0.2, 0) is 0 Å². The minimum absolute atomic E-state index is 0.640. The zero-order valence-electron chi connectivity index (χ0n) is 13.9. The Balaban J connectivity index is 1.83. The third-order valence-electron chi connectivity index (χ3n) is 4.69. The lowest BCUT2D eigenvalue weighted by Crippen LogP contribution is -1.94. The molecule has 0 saturated heterocycles. The summed E-state index contributed by atoms with van der Waals surface area (Å²) in [6, 6.07) is 29.3. The molecule has 5 aromatic rings. The molecule has 0 fully saturated rings. The van der Waals surface area contributed by atoms with Crippen LogP contribution in [0.4, 0.5) is 0 Å². The number of aromatic nitrogens is 2. The van der Waals surface area contributed by atoms with E-state index >= 15 is 0 Å². The third kappa shape index (κ3) is 2.39. The number of para-hydroxylation sites is 1. The summed E-state index contributed by atoms with van der Waals surface area (Å²) in [5.41, 5.74) is 6.60. The first-order valence-corrected chi connectivity index (χ1v) is 8.89. The van der Waals surface area contributed by atoms with Crippen LogP contribution in [-0.4, -0.2) is 9.55 Å². The van der Waals surface area contributed by atoms with Gasteiger partial charge < -0.3 is 4.57 Å². The van der Waals surface area contributed by atoms with Crippen LogP contribution < -0.4 is 0 Å². The molecule has 3 aromatic carbocycles. The van der Waals surface area contributed by atoms with Gasteiger partial charge in [0.2, 0.25) is 0 Å². The molecule has 5 rings (SSSR count). The standard InChI is InChI=1S/C23H15ClN2/c24-18-14-22-23(25-15-18)20-11-4-5-12-21(20)26(22)19-10-6-9-17(13-19)16-7-2-1-3-8-16/h1-15H. The predicted molar refractivity (Wildman–Crippen MR) is 109 cm³/mol. The van der Waals surface area contributed by atoms with Crippen LogP contribution in [0.1, 0.15) is 0 Å². The molecular weight excluding hydrogens is 340 g/mol. The maximum atomic E-state index is 6.26. The molecule has 0 amide bonds. The Bertz CT molecular complexity index is 1240. The van der Waals surface area contributed by atoms with Gasteiger partial charge in [0.05, 0.1) is 21.6 Å². The fourth-order valence-electron chi connectivity index (χ4n) is 3.54. The molecule has 0 aliphatic heterocycles. The van der Waals surface area contributed by atoms with Crippen LogP contribution in [0.5, 0.6) is 0 Å². The van der Waals surface area contributed by atoms with Crippen molar-refractivity contribution >= 4 is 33.5 Å². The third-order valence-corrected chi connectivity index (χ3v) is 4.89. The van der Waals surface area contributed by atoms with Crippen molar-refractivity contribution in [1.29, 1.82) is 0 Å². The van der Waals surface area contributed by atoms with E-state index in [0.29, 0.717) is 5.02 Å². The largest absolute Gasteiger partial charge is 0.308 e. The van der Waals surface area contributed by atoms with Gasteiger partial charge in [0.25, 0.3) is 0 Å². The van der Waals surface area contributed by atoms with Gasteiger partial charge in [0.15, 0.2) is 0 Å². The van der Waals surface area contributed by atoms with Gasteiger partial charge in [-0.3, -0.25) is 4.98 Å². The van der Waals surface area contributed by atoms with Crippen LogP contribution in [0.3, 0.4) is 0 Å². The first-order chi connectivity index (χ1) is 12.8. The number of halogens is 1. The van der Waals surface area contributed by atoms with Gasteiger partial charge >= 0.3 is 0 Å². The van der Waals surface area contributed by atoms with Crippen molar-refractivity contribution in [2.45, 2.75) is 0 Å². The Hall–Kier alpha value is -3.10. The van der Waals surface area contributed by atoms with Crippen LogP contribution >= 0.6 is 11.6 Å². The Morgan fingerprint density at radius 3 is 2.35 bits per heavy atom. The summed E-state index contributed by atoms with van der Waals surface area (Å²) >= 11 is 6.26. The number of hydrogen-bond acceptors (Lipinski definition) is 1. The highest BCUT2D eigenvalue weighted by Crippen LogP contribution is 2.33. The van der Waals surface area contributed by atoms with Crippen molar-refractivity contribution < 1.29 is 0 Å². The highest BCUT2D eigenvalue weighted by molar-refractivity contribution is 6.31. The second kappa shape index (κ2) is 6.01. The fraction of sp³-hybridized carbons (Fsp3) is 0. The van der Waals surface area contributed by atoms with Crippen molar-refractivity contribution in [2.24, 2.45) is 0 Å². The van der Waals surface area contributed by atoms with E-state index in [1.807, 2.05) is 18.2 Å². The topological polar surface area (TPSA) is 17.8 Å². The van der Waals surface area contributed by atoms with Gasteiger partial charge in [0, 0.05) is 17.3 Å². The van der Waals surface area contributed by atoms with Crippen molar-refractivity contribution in [3.05, 3.63) is 96.1 Å². The molecule has 0 saturated carbocycles. The summed E-state index contributed by atoms with van der Waals surface area (Å²) < 4.78 is 2.23. The molecule has 0 bridgehead atoms. The van der Waals surface area contributed by atoms with E-state index in [-0.39, 0.29) is 0 Å². The molecule has 2 nitrogen and oxygen atoms in total. The second-order valence-electron chi connectivity index (χ2n) is 6.29. The van der Waals surface area contributed by atoms with E-state index in [1.54, 1.807) is 6.20 Å². The first kappa shape index (κ1) is 15.2. The zero-order chi connectivity index (χ0) is 17.5.